The first kappa shape index (κ1) is 11.7. The maximum absolute atomic E-state index is 9.90. The Morgan fingerprint density at radius 1 is 0.733 bits per heavy atom. The fourth-order valence-corrected chi connectivity index (χ4v) is 1.70. The summed E-state index contributed by atoms with van der Waals surface area (Å²) in [5.41, 5.74) is 0.943. The third-order valence-electron chi connectivity index (χ3n) is 2.64. The van der Waals surface area contributed by atoms with Gasteiger partial charge in [-0.25, -0.2) is 0 Å². The van der Waals surface area contributed by atoms with Crippen LogP contribution < -0.4 is 0 Å². The Kier molecular flexibility index (Phi) is 2.60. The lowest BCUT2D eigenvalue weighted by molar-refractivity contribution is 0.389. The van der Waals surface area contributed by atoms with Crippen molar-refractivity contribution in [2.45, 2.75) is 40.0 Å². The highest BCUT2D eigenvalue weighted by Crippen LogP contribution is 2.46. The van der Waals surface area contributed by atoms with E-state index in [0.29, 0.717) is 16.7 Å². The molecule has 0 bridgehead atoms. The maximum atomic E-state index is 9.90. The van der Waals surface area contributed by atoms with Crippen molar-refractivity contribution in [1.82, 2.24) is 0 Å². The van der Waals surface area contributed by atoms with E-state index in [1.165, 1.54) is 0 Å². The normalized spacial score (nSPS) is 11.8. The van der Waals surface area contributed by atoms with Crippen molar-refractivity contribution in [3.63, 3.8) is 0 Å². The van der Waals surface area contributed by atoms with Gasteiger partial charge in [0.15, 0.2) is 0 Å². The minimum absolute atomic E-state index is 0.0249. The molecule has 0 atom stereocenters. The van der Waals surface area contributed by atoms with Gasteiger partial charge in [-0.15, -0.1) is 0 Å². The summed E-state index contributed by atoms with van der Waals surface area (Å²) in [4.78, 5) is 0. The first-order valence-corrected chi connectivity index (χ1v) is 4.92. The van der Waals surface area contributed by atoms with Crippen molar-refractivity contribution in [3.05, 3.63) is 16.7 Å². The van der Waals surface area contributed by atoms with Crippen molar-refractivity contribution >= 4 is 0 Å². The number of aromatic hydroxyl groups is 3. The van der Waals surface area contributed by atoms with Crippen LogP contribution in [0.25, 0.3) is 0 Å². The minimum Gasteiger partial charge on any atom is -0.507 e. The van der Waals surface area contributed by atoms with E-state index in [0.717, 1.165) is 0 Å². The highest BCUT2D eigenvalue weighted by molar-refractivity contribution is 5.62. The molecule has 0 aliphatic heterocycles. The van der Waals surface area contributed by atoms with Gasteiger partial charge in [-0.05, 0) is 19.3 Å². The van der Waals surface area contributed by atoms with E-state index >= 15 is 0 Å². The maximum Gasteiger partial charge on any atom is 0.129 e. The molecule has 0 aliphatic carbocycles. The molecule has 0 unspecified atom stereocenters. The second kappa shape index (κ2) is 3.33. The lowest BCUT2D eigenvalue weighted by atomic mass is 9.83. The summed E-state index contributed by atoms with van der Waals surface area (Å²) in [7, 11) is 0. The molecule has 0 saturated carbocycles. The van der Waals surface area contributed by atoms with Gasteiger partial charge in [0.2, 0.25) is 0 Å². The molecular weight excluding hydrogens is 192 g/mol. The molecule has 3 heteroatoms. The largest absolute Gasteiger partial charge is 0.507 e. The standard InChI is InChI=1S/C12H18O3/c1-6-9(13)7(2)11(15)8(10(6)14)12(3,4)5/h13-15H,1-5H3. The molecule has 0 radical (unpaired) electrons. The summed E-state index contributed by atoms with van der Waals surface area (Å²) in [6, 6.07) is 0. The van der Waals surface area contributed by atoms with E-state index in [1.54, 1.807) is 13.8 Å². The van der Waals surface area contributed by atoms with Crippen molar-refractivity contribution < 1.29 is 15.3 Å². The van der Waals surface area contributed by atoms with Gasteiger partial charge in [0.05, 0.1) is 0 Å². The van der Waals surface area contributed by atoms with E-state index < -0.39 is 0 Å². The number of benzene rings is 1. The molecular formula is C12H18O3. The Morgan fingerprint density at radius 2 is 1.07 bits per heavy atom. The smallest absolute Gasteiger partial charge is 0.129 e. The number of rotatable bonds is 0. The number of hydrogen-bond donors (Lipinski definition) is 3. The van der Waals surface area contributed by atoms with Crippen molar-refractivity contribution in [2.24, 2.45) is 0 Å². The third-order valence-corrected chi connectivity index (χ3v) is 2.64. The summed E-state index contributed by atoms with van der Waals surface area (Å²) in [6.07, 6.45) is 0. The Hall–Kier alpha value is -1.38. The molecule has 1 aromatic rings. The van der Waals surface area contributed by atoms with E-state index in [9.17, 15) is 15.3 Å². The predicted octanol–water partition coefficient (Wildman–Crippen LogP) is 2.72. The van der Waals surface area contributed by atoms with Crippen LogP contribution >= 0.6 is 0 Å². The average molecular weight is 210 g/mol. The Morgan fingerprint density at radius 3 is 1.33 bits per heavy atom. The summed E-state index contributed by atoms with van der Waals surface area (Å²) in [5.74, 6) is -0.0933. The zero-order valence-corrected chi connectivity index (χ0v) is 9.84. The third kappa shape index (κ3) is 1.74. The number of phenols is 3. The molecule has 0 heterocycles. The molecule has 0 fully saturated rings. The van der Waals surface area contributed by atoms with Crippen molar-refractivity contribution in [2.75, 3.05) is 0 Å². The molecule has 3 nitrogen and oxygen atoms in total. The van der Waals surface area contributed by atoms with Gasteiger partial charge in [-0.2, -0.15) is 0 Å². The van der Waals surface area contributed by atoms with Crippen LogP contribution in [0, 0.1) is 13.8 Å². The van der Waals surface area contributed by atoms with Crippen LogP contribution in [0.5, 0.6) is 17.2 Å². The molecule has 0 saturated heterocycles. The van der Waals surface area contributed by atoms with E-state index in [1.807, 2.05) is 20.8 Å². The molecule has 3 N–H and O–H groups in total. The van der Waals surface area contributed by atoms with Gasteiger partial charge in [-0.1, -0.05) is 20.8 Å². The topological polar surface area (TPSA) is 60.7 Å². The van der Waals surface area contributed by atoms with Crippen LogP contribution in [0.3, 0.4) is 0 Å². The quantitative estimate of drug-likeness (QED) is 0.617. The van der Waals surface area contributed by atoms with Gasteiger partial charge >= 0.3 is 0 Å². The van der Waals surface area contributed by atoms with Crippen LogP contribution in [0.4, 0.5) is 0 Å². The molecule has 0 aliphatic rings. The van der Waals surface area contributed by atoms with Crippen LogP contribution in [0.1, 0.15) is 37.5 Å². The summed E-state index contributed by atoms with van der Waals surface area (Å²) in [6.45, 7) is 8.96. The molecule has 15 heavy (non-hydrogen) atoms. The highest BCUT2D eigenvalue weighted by Gasteiger charge is 2.27. The SMILES string of the molecule is Cc1c(O)c(C)c(O)c(C(C)(C)C)c1O. The zero-order valence-electron chi connectivity index (χ0n) is 9.84. The van der Waals surface area contributed by atoms with Crippen LogP contribution in [-0.4, -0.2) is 15.3 Å². The average Bonchev–Trinajstić information content (AvgIpc) is 2.09. The fraction of sp³-hybridized carbons (Fsp3) is 0.500. The van der Waals surface area contributed by atoms with Gasteiger partial charge in [-0.3, -0.25) is 0 Å². The lowest BCUT2D eigenvalue weighted by Crippen LogP contribution is -2.13. The monoisotopic (exact) mass is 210 g/mol. The summed E-state index contributed by atoms with van der Waals surface area (Å²) >= 11 is 0. The van der Waals surface area contributed by atoms with Gasteiger partial charge in [0.25, 0.3) is 0 Å². The van der Waals surface area contributed by atoms with E-state index in [4.69, 9.17) is 0 Å². The van der Waals surface area contributed by atoms with Gasteiger partial charge < -0.3 is 15.3 Å². The van der Waals surface area contributed by atoms with Gasteiger partial charge in [0, 0.05) is 16.7 Å². The fourth-order valence-electron chi connectivity index (χ4n) is 1.70. The first-order valence-electron chi connectivity index (χ1n) is 4.92. The Balaban J connectivity index is 3.68. The lowest BCUT2D eigenvalue weighted by Gasteiger charge is -2.24. The van der Waals surface area contributed by atoms with Crippen LogP contribution in [0.2, 0.25) is 0 Å². The number of hydrogen-bond acceptors (Lipinski definition) is 3. The zero-order chi connectivity index (χ0) is 12.0. The predicted molar refractivity (Wildman–Crippen MR) is 59.6 cm³/mol. The van der Waals surface area contributed by atoms with Crippen molar-refractivity contribution in [3.8, 4) is 17.2 Å². The Labute approximate surface area is 90.0 Å². The second-order valence-electron chi connectivity index (χ2n) is 4.92. The van der Waals surface area contributed by atoms with Crippen LogP contribution in [-0.2, 0) is 5.41 Å². The minimum atomic E-state index is -0.364. The summed E-state index contributed by atoms with van der Waals surface area (Å²) < 4.78 is 0. The Bertz CT molecular complexity index is 371. The van der Waals surface area contributed by atoms with Gasteiger partial charge in [0.1, 0.15) is 17.2 Å². The summed E-state index contributed by atoms with van der Waals surface area (Å²) in [5, 5.41) is 29.4. The molecule has 0 spiro atoms. The molecule has 1 aromatic carbocycles. The first-order chi connectivity index (χ1) is 6.68. The molecule has 1 rings (SSSR count). The highest BCUT2D eigenvalue weighted by atomic mass is 16.3. The number of phenolic OH excluding ortho intramolecular Hbond substituents is 3. The molecule has 0 amide bonds. The van der Waals surface area contributed by atoms with Crippen LogP contribution in [0.15, 0.2) is 0 Å². The second-order valence-corrected chi connectivity index (χ2v) is 4.92. The van der Waals surface area contributed by atoms with Crippen molar-refractivity contribution in [1.29, 1.82) is 0 Å². The van der Waals surface area contributed by atoms with E-state index in [2.05, 4.69) is 0 Å². The molecule has 84 valence electrons. The molecule has 0 aromatic heterocycles. The van der Waals surface area contributed by atoms with E-state index in [-0.39, 0.29) is 22.7 Å².